The van der Waals surface area contributed by atoms with E-state index >= 15 is 0 Å². The van der Waals surface area contributed by atoms with Crippen molar-refractivity contribution in [2.45, 2.75) is 6.92 Å². The minimum absolute atomic E-state index is 0.347. The number of halogens is 1. The fourth-order valence-corrected chi connectivity index (χ4v) is 0.804. The van der Waals surface area contributed by atoms with Crippen molar-refractivity contribution in [2.75, 3.05) is 0 Å². The minimum Gasteiger partial charge on any atom is -0.439 e. The fraction of sp³-hybridized carbons (Fsp3) is 0.167. The number of nitriles is 1. The molecule has 1 aromatic rings. The number of furan rings is 1. The van der Waals surface area contributed by atoms with E-state index in [9.17, 15) is 0 Å². The molecule has 2 nitrogen and oxygen atoms in total. The number of rotatable bonds is 0. The molecule has 46 valence electrons. The molecule has 0 atom stereocenters. The molecule has 0 aliphatic rings. The van der Waals surface area contributed by atoms with Crippen molar-refractivity contribution in [1.29, 1.82) is 5.26 Å². The lowest BCUT2D eigenvalue weighted by atomic mass is 10.3. The van der Waals surface area contributed by atoms with Gasteiger partial charge in [-0.1, -0.05) is 0 Å². The molecule has 1 rings (SSSR count). The van der Waals surface area contributed by atoms with Gasteiger partial charge in [-0.15, -0.1) is 0 Å². The predicted octanol–water partition coefficient (Wildman–Crippen LogP) is 2.22. The van der Waals surface area contributed by atoms with Gasteiger partial charge >= 0.3 is 0 Å². The molecular formula is C6H4BrNO. The summed E-state index contributed by atoms with van der Waals surface area (Å²) in [6.07, 6.45) is 0. The topological polar surface area (TPSA) is 36.9 Å². The lowest BCUT2D eigenvalue weighted by molar-refractivity contribution is 0.525. The molecule has 0 amide bonds. The first-order valence-electron chi connectivity index (χ1n) is 2.40. The first-order valence-corrected chi connectivity index (χ1v) is 3.19. The van der Waals surface area contributed by atoms with Crippen molar-refractivity contribution in [3.63, 3.8) is 0 Å². The third kappa shape index (κ3) is 1.14. The van der Waals surface area contributed by atoms with Gasteiger partial charge in [-0.2, -0.15) is 5.26 Å². The maximum Gasteiger partial charge on any atom is 0.205 e. The van der Waals surface area contributed by atoms with Crippen molar-refractivity contribution in [3.05, 3.63) is 22.1 Å². The van der Waals surface area contributed by atoms with Crippen LogP contribution in [0.3, 0.4) is 0 Å². The summed E-state index contributed by atoms with van der Waals surface area (Å²) in [5.74, 6) is 0.347. The molecule has 0 saturated heterocycles. The van der Waals surface area contributed by atoms with Crippen LogP contribution in [-0.4, -0.2) is 0 Å². The molecule has 0 fully saturated rings. The van der Waals surface area contributed by atoms with Gasteiger partial charge in [0.05, 0.1) is 0 Å². The summed E-state index contributed by atoms with van der Waals surface area (Å²) >= 11 is 3.14. The molecule has 0 aliphatic heterocycles. The van der Waals surface area contributed by atoms with Crippen LogP contribution < -0.4 is 0 Å². The summed E-state index contributed by atoms with van der Waals surface area (Å²) in [6, 6.07) is 3.58. The van der Waals surface area contributed by atoms with E-state index in [-0.39, 0.29) is 0 Å². The van der Waals surface area contributed by atoms with Crippen LogP contribution >= 0.6 is 15.9 Å². The summed E-state index contributed by atoms with van der Waals surface area (Å²) in [4.78, 5) is 0. The van der Waals surface area contributed by atoms with Crippen molar-refractivity contribution >= 4 is 15.9 Å². The number of hydrogen-bond donors (Lipinski definition) is 0. The largest absolute Gasteiger partial charge is 0.439 e. The Hall–Kier alpha value is -0.750. The highest BCUT2D eigenvalue weighted by molar-refractivity contribution is 9.10. The second-order valence-electron chi connectivity index (χ2n) is 1.68. The molecule has 9 heavy (non-hydrogen) atoms. The first-order chi connectivity index (χ1) is 4.24. The maximum atomic E-state index is 8.31. The van der Waals surface area contributed by atoms with Crippen molar-refractivity contribution in [1.82, 2.24) is 0 Å². The van der Waals surface area contributed by atoms with Crippen molar-refractivity contribution < 1.29 is 4.42 Å². The first kappa shape index (κ1) is 6.37. The normalized spacial score (nSPS) is 9.00. The zero-order valence-electron chi connectivity index (χ0n) is 4.81. The van der Waals surface area contributed by atoms with Gasteiger partial charge in [0.15, 0.2) is 4.67 Å². The van der Waals surface area contributed by atoms with Crippen LogP contribution in [0.4, 0.5) is 0 Å². The average molecular weight is 186 g/mol. The quantitative estimate of drug-likeness (QED) is 0.622. The molecule has 3 heteroatoms. The molecule has 1 heterocycles. The number of hydrogen-bond acceptors (Lipinski definition) is 2. The summed E-state index contributed by atoms with van der Waals surface area (Å²) < 4.78 is 5.56. The van der Waals surface area contributed by atoms with Crippen molar-refractivity contribution in [2.24, 2.45) is 0 Å². The summed E-state index contributed by atoms with van der Waals surface area (Å²) in [5.41, 5.74) is 0.951. The van der Waals surface area contributed by atoms with Crippen LogP contribution in [0, 0.1) is 18.3 Å². The Morgan fingerprint density at radius 3 is 2.67 bits per heavy atom. The van der Waals surface area contributed by atoms with E-state index in [1.807, 2.05) is 13.0 Å². The average Bonchev–Trinajstić information content (AvgIpc) is 2.13. The molecule has 0 bridgehead atoms. The van der Waals surface area contributed by atoms with E-state index in [4.69, 9.17) is 9.68 Å². The molecular weight excluding hydrogens is 182 g/mol. The van der Waals surface area contributed by atoms with Gasteiger partial charge in [-0.05, 0) is 28.9 Å². The van der Waals surface area contributed by atoms with E-state index in [0.29, 0.717) is 10.4 Å². The van der Waals surface area contributed by atoms with Gasteiger partial charge in [-0.3, -0.25) is 0 Å². The Kier molecular flexibility index (Phi) is 1.58. The second-order valence-corrected chi connectivity index (χ2v) is 2.40. The highest BCUT2D eigenvalue weighted by Crippen LogP contribution is 2.19. The maximum absolute atomic E-state index is 8.31. The third-order valence-electron chi connectivity index (χ3n) is 0.967. The Labute approximate surface area is 61.2 Å². The standard InChI is InChI=1S/C6H4BrNO/c1-4-2-5(3-8)9-6(4)7/h2H,1H3. The van der Waals surface area contributed by atoms with E-state index in [2.05, 4.69) is 15.9 Å². The monoisotopic (exact) mass is 185 g/mol. The lowest BCUT2D eigenvalue weighted by Crippen LogP contribution is -1.58. The van der Waals surface area contributed by atoms with E-state index in [1.54, 1.807) is 6.07 Å². The van der Waals surface area contributed by atoms with Gasteiger partial charge in [0.25, 0.3) is 0 Å². The van der Waals surface area contributed by atoms with Crippen LogP contribution in [0.25, 0.3) is 0 Å². The fourth-order valence-electron chi connectivity index (χ4n) is 0.515. The van der Waals surface area contributed by atoms with E-state index < -0.39 is 0 Å². The van der Waals surface area contributed by atoms with Crippen LogP contribution in [0.15, 0.2) is 15.2 Å². The molecule has 0 aromatic carbocycles. The van der Waals surface area contributed by atoms with E-state index in [1.165, 1.54) is 0 Å². The SMILES string of the molecule is Cc1cc(C#N)oc1Br. The van der Waals surface area contributed by atoms with Gasteiger partial charge in [0.2, 0.25) is 5.76 Å². The Balaban J connectivity index is 3.16. The molecule has 0 aliphatic carbocycles. The zero-order chi connectivity index (χ0) is 6.85. The third-order valence-corrected chi connectivity index (χ3v) is 1.75. The summed E-state index contributed by atoms with van der Waals surface area (Å²) in [5, 5.41) is 8.31. The summed E-state index contributed by atoms with van der Waals surface area (Å²) in [6.45, 7) is 1.87. The zero-order valence-corrected chi connectivity index (χ0v) is 6.40. The van der Waals surface area contributed by atoms with Gasteiger partial charge in [-0.25, -0.2) is 0 Å². The molecule has 0 radical (unpaired) electrons. The molecule has 0 saturated carbocycles. The number of aryl methyl sites for hydroxylation is 1. The molecule has 0 spiro atoms. The van der Waals surface area contributed by atoms with Gasteiger partial charge < -0.3 is 4.42 Å². The van der Waals surface area contributed by atoms with E-state index in [0.717, 1.165) is 5.56 Å². The molecule has 0 N–H and O–H groups in total. The lowest BCUT2D eigenvalue weighted by Gasteiger charge is -1.76. The summed E-state index contributed by atoms with van der Waals surface area (Å²) in [7, 11) is 0. The van der Waals surface area contributed by atoms with Crippen LogP contribution in [0.1, 0.15) is 11.3 Å². The Morgan fingerprint density at radius 1 is 1.78 bits per heavy atom. The van der Waals surface area contributed by atoms with Crippen molar-refractivity contribution in [3.8, 4) is 6.07 Å². The minimum atomic E-state index is 0.347. The molecule has 1 aromatic heterocycles. The Morgan fingerprint density at radius 2 is 2.44 bits per heavy atom. The smallest absolute Gasteiger partial charge is 0.205 e. The predicted molar refractivity (Wildman–Crippen MR) is 35.9 cm³/mol. The Bertz CT molecular complexity index is 239. The van der Waals surface area contributed by atoms with Gasteiger partial charge in [0, 0.05) is 5.56 Å². The van der Waals surface area contributed by atoms with Crippen LogP contribution in [-0.2, 0) is 0 Å². The molecule has 0 unspecified atom stereocenters. The second kappa shape index (κ2) is 2.24. The van der Waals surface area contributed by atoms with Crippen LogP contribution in [0.2, 0.25) is 0 Å². The highest BCUT2D eigenvalue weighted by atomic mass is 79.9. The number of nitrogens with zero attached hydrogens (tertiary/aromatic N) is 1. The highest BCUT2D eigenvalue weighted by Gasteiger charge is 2.01. The van der Waals surface area contributed by atoms with Crippen LogP contribution in [0.5, 0.6) is 0 Å². The van der Waals surface area contributed by atoms with Gasteiger partial charge in [0.1, 0.15) is 6.07 Å².